The molecule has 0 atom stereocenters. The van der Waals surface area contributed by atoms with Crippen molar-refractivity contribution in [2.75, 3.05) is 6.54 Å². The Bertz CT molecular complexity index is 735. The van der Waals surface area contributed by atoms with Gasteiger partial charge in [0.15, 0.2) is 0 Å². The Kier molecular flexibility index (Phi) is 5.39. The van der Waals surface area contributed by atoms with Crippen molar-refractivity contribution in [3.8, 4) is 5.69 Å². The van der Waals surface area contributed by atoms with Crippen molar-refractivity contribution in [1.29, 1.82) is 0 Å². The Morgan fingerprint density at radius 1 is 1.21 bits per heavy atom. The summed E-state index contributed by atoms with van der Waals surface area (Å²) >= 11 is 0. The minimum absolute atomic E-state index is 0.149. The zero-order valence-corrected chi connectivity index (χ0v) is 14.5. The lowest BCUT2D eigenvalue weighted by molar-refractivity contribution is -0.145. The van der Waals surface area contributed by atoms with Crippen molar-refractivity contribution < 1.29 is 14.7 Å². The predicted molar refractivity (Wildman–Crippen MR) is 91.2 cm³/mol. The van der Waals surface area contributed by atoms with E-state index in [9.17, 15) is 9.59 Å². The van der Waals surface area contributed by atoms with Crippen LogP contribution in [0.15, 0.2) is 30.3 Å². The molecule has 2 rings (SSSR count). The average Bonchev–Trinajstić information content (AvgIpc) is 2.81. The molecule has 1 N–H and O–H groups in total. The third-order valence-corrected chi connectivity index (χ3v) is 4.02. The maximum Gasteiger partial charge on any atom is 0.323 e. The van der Waals surface area contributed by atoms with Gasteiger partial charge in [-0.1, -0.05) is 18.2 Å². The van der Waals surface area contributed by atoms with Crippen LogP contribution in [0, 0.1) is 13.8 Å². The Balaban J connectivity index is 2.28. The van der Waals surface area contributed by atoms with Crippen LogP contribution in [0.3, 0.4) is 0 Å². The highest BCUT2D eigenvalue weighted by Gasteiger charge is 2.23. The van der Waals surface area contributed by atoms with Crippen LogP contribution in [0.1, 0.15) is 30.8 Å². The van der Waals surface area contributed by atoms with Crippen LogP contribution in [0.2, 0.25) is 0 Å². The summed E-state index contributed by atoms with van der Waals surface area (Å²) in [4.78, 5) is 24.9. The molecule has 128 valence electrons. The summed E-state index contributed by atoms with van der Waals surface area (Å²) in [5.41, 5.74) is 3.46. The van der Waals surface area contributed by atoms with E-state index >= 15 is 0 Å². The molecule has 6 nitrogen and oxygen atoms in total. The number of carbonyl (C=O) groups excluding carboxylic acids is 1. The van der Waals surface area contributed by atoms with E-state index in [2.05, 4.69) is 5.10 Å². The number of rotatable bonds is 6. The van der Waals surface area contributed by atoms with Gasteiger partial charge in [-0.05, 0) is 39.8 Å². The van der Waals surface area contributed by atoms with Crippen molar-refractivity contribution in [2.24, 2.45) is 0 Å². The molecule has 0 aliphatic heterocycles. The van der Waals surface area contributed by atoms with Crippen molar-refractivity contribution in [1.82, 2.24) is 14.7 Å². The van der Waals surface area contributed by atoms with Gasteiger partial charge in [0.25, 0.3) is 0 Å². The second-order valence-electron chi connectivity index (χ2n) is 6.08. The number of aliphatic carboxylic acids is 1. The monoisotopic (exact) mass is 329 g/mol. The Hall–Kier alpha value is -2.63. The summed E-state index contributed by atoms with van der Waals surface area (Å²) in [5.74, 6) is -1.21. The lowest BCUT2D eigenvalue weighted by atomic mass is 10.1. The molecule has 0 bridgehead atoms. The van der Waals surface area contributed by atoms with Gasteiger partial charge < -0.3 is 10.0 Å². The number of amides is 1. The minimum Gasteiger partial charge on any atom is -0.480 e. The first-order valence-corrected chi connectivity index (χ1v) is 7.93. The number of hydrogen-bond donors (Lipinski definition) is 1. The number of aryl methyl sites for hydroxylation is 1. The first-order valence-electron chi connectivity index (χ1n) is 7.93. The van der Waals surface area contributed by atoms with Gasteiger partial charge in [-0.15, -0.1) is 0 Å². The average molecular weight is 329 g/mol. The first-order chi connectivity index (χ1) is 11.3. The van der Waals surface area contributed by atoms with Gasteiger partial charge in [0, 0.05) is 17.3 Å². The summed E-state index contributed by atoms with van der Waals surface area (Å²) in [7, 11) is 0. The van der Waals surface area contributed by atoms with Crippen LogP contribution in [0.4, 0.5) is 0 Å². The number of hydrogen-bond acceptors (Lipinski definition) is 3. The number of aromatic nitrogens is 2. The van der Waals surface area contributed by atoms with Crippen LogP contribution >= 0.6 is 0 Å². The van der Waals surface area contributed by atoms with Crippen molar-refractivity contribution in [3.63, 3.8) is 0 Å². The number of carbonyl (C=O) groups is 2. The summed E-state index contributed by atoms with van der Waals surface area (Å²) in [6.07, 6.45) is 0.149. The molecule has 0 radical (unpaired) electrons. The summed E-state index contributed by atoms with van der Waals surface area (Å²) in [6.45, 7) is 7.13. The normalized spacial score (nSPS) is 10.9. The number of para-hydroxylation sites is 1. The third-order valence-electron chi connectivity index (χ3n) is 4.02. The fourth-order valence-electron chi connectivity index (χ4n) is 2.71. The molecule has 24 heavy (non-hydrogen) atoms. The van der Waals surface area contributed by atoms with Crippen LogP contribution in [-0.2, 0) is 16.0 Å². The van der Waals surface area contributed by atoms with E-state index < -0.39 is 5.97 Å². The maximum absolute atomic E-state index is 12.6. The van der Waals surface area contributed by atoms with Crippen LogP contribution in [-0.4, -0.2) is 44.3 Å². The van der Waals surface area contributed by atoms with Gasteiger partial charge in [-0.25, -0.2) is 4.68 Å². The zero-order chi connectivity index (χ0) is 17.9. The quantitative estimate of drug-likeness (QED) is 0.883. The van der Waals surface area contributed by atoms with E-state index in [1.54, 1.807) is 0 Å². The molecule has 1 aromatic heterocycles. The molecule has 0 aliphatic carbocycles. The summed E-state index contributed by atoms with van der Waals surface area (Å²) in [6, 6.07) is 9.55. The lowest BCUT2D eigenvalue weighted by Gasteiger charge is -2.25. The second kappa shape index (κ2) is 7.29. The van der Waals surface area contributed by atoms with Crippen LogP contribution < -0.4 is 0 Å². The molecule has 0 saturated heterocycles. The Morgan fingerprint density at radius 3 is 2.38 bits per heavy atom. The molecule has 0 aliphatic rings. The topological polar surface area (TPSA) is 75.4 Å². The van der Waals surface area contributed by atoms with Crippen molar-refractivity contribution in [3.05, 3.63) is 47.3 Å². The second-order valence-corrected chi connectivity index (χ2v) is 6.08. The van der Waals surface area contributed by atoms with Gasteiger partial charge >= 0.3 is 5.97 Å². The SMILES string of the molecule is Cc1nn(-c2ccccc2)c(C)c1CC(=O)N(CC(=O)O)C(C)C. The standard InChI is InChI=1S/C18H23N3O3/c1-12(2)20(11-18(23)24)17(22)10-16-13(3)19-21(14(16)4)15-8-6-5-7-9-15/h5-9,12H,10-11H2,1-4H3,(H,23,24). The first kappa shape index (κ1) is 17.7. The van der Waals surface area contributed by atoms with E-state index in [0.29, 0.717) is 0 Å². The zero-order valence-electron chi connectivity index (χ0n) is 14.5. The molecule has 6 heteroatoms. The van der Waals surface area contributed by atoms with Crippen molar-refractivity contribution in [2.45, 2.75) is 40.2 Å². The van der Waals surface area contributed by atoms with Gasteiger partial charge in [0.2, 0.25) is 5.91 Å². The molecular weight excluding hydrogens is 306 g/mol. The van der Waals surface area contributed by atoms with Gasteiger partial charge in [-0.2, -0.15) is 5.10 Å². The fourth-order valence-corrected chi connectivity index (χ4v) is 2.71. The lowest BCUT2D eigenvalue weighted by Crippen LogP contribution is -2.41. The van der Waals surface area contributed by atoms with E-state index in [4.69, 9.17) is 5.11 Å². The molecule has 0 fully saturated rings. The molecule has 0 spiro atoms. The molecule has 0 unspecified atom stereocenters. The number of nitrogens with zero attached hydrogens (tertiary/aromatic N) is 3. The van der Waals surface area contributed by atoms with Gasteiger partial charge in [0.1, 0.15) is 6.54 Å². The van der Waals surface area contributed by atoms with E-state index in [1.807, 2.05) is 62.7 Å². The molecule has 1 heterocycles. The molecule has 0 saturated carbocycles. The van der Waals surface area contributed by atoms with Crippen LogP contribution in [0.25, 0.3) is 5.69 Å². The Labute approximate surface area is 141 Å². The number of carboxylic acids is 1. The van der Waals surface area contributed by atoms with E-state index in [0.717, 1.165) is 22.6 Å². The molecular formula is C18H23N3O3. The van der Waals surface area contributed by atoms with Crippen LogP contribution in [0.5, 0.6) is 0 Å². The number of benzene rings is 1. The van der Waals surface area contributed by atoms with Gasteiger partial charge in [0.05, 0.1) is 17.8 Å². The molecule has 2 aromatic rings. The van der Waals surface area contributed by atoms with E-state index in [1.165, 1.54) is 4.90 Å². The molecule has 1 amide bonds. The largest absolute Gasteiger partial charge is 0.480 e. The predicted octanol–water partition coefficient (Wildman–Crippen LogP) is 2.35. The number of carboxylic acid groups (broad SMARTS) is 1. The highest BCUT2D eigenvalue weighted by molar-refractivity contribution is 5.83. The Morgan fingerprint density at radius 2 is 1.83 bits per heavy atom. The van der Waals surface area contributed by atoms with Gasteiger partial charge in [-0.3, -0.25) is 9.59 Å². The minimum atomic E-state index is -1.01. The summed E-state index contributed by atoms with van der Waals surface area (Å²) in [5, 5.41) is 13.5. The molecule has 1 aromatic carbocycles. The fraction of sp³-hybridized carbons (Fsp3) is 0.389. The highest BCUT2D eigenvalue weighted by Crippen LogP contribution is 2.19. The van der Waals surface area contributed by atoms with Crippen molar-refractivity contribution >= 4 is 11.9 Å². The highest BCUT2D eigenvalue weighted by atomic mass is 16.4. The third kappa shape index (κ3) is 3.82. The van der Waals surface area contributed by atoms with E-state index in [-0.39, 0.29) is 24.9 Å². The summed E-state index contributed by atoms with van der Waals surface area (Å²) < 4.78 is 1.81. The smallest absolute Gasteiger partial charge is 0.323 e. The maximum atomic E-state index is 12.6.